The quantitative estimate of drug-likeness (QED) is 0.284. The van der Waals surface area contributed by atoms with Crippen LogP contribution in [0.5, 0.6) is 11.5 Å². The summed E-state index contributed by atoms with van der Waals surface area (Å²) in [4.78, 5) is 28.8. The molecule has 0 unspecified atom stereocenters. The van der Waals surface area contributed by atoms with Crippen LogP contribution in [0.3, 0.4) is 0 Å². The Morgan fingerprint density at radius 3 is 2.07 bits per heavy atom. The van der Waals surface area contributed by atoms with E-state index in [2.05, 4.69) is 5.32 Å². The number of methoxy groups -OCH3 is 2. The summed E-state index contributed by atoms with van der Waals surface area (Å²) in [7, 11) is -1.64. The van der Waals surface area contributed by atoms with Gasteiger partial charge in [-0.25, -0.2) is 17.2 Å². The first-order chi connectivity index (χ1) is 21.1. The molecule has 1 aliphatic carbocycles. The molecule has 236 valence electrons. The SMILES string of the molecule is CC[C@@H](C(=O)NC1CCCC1)N(Cc1ccc(F)cc1)C(=O)CN(c1ccc(F)cc1)S(=O)(=O)c1ccc(OC)c(OC)c1. The Bertz CT molecular complexity index is 1550. The highest BCUT2D eigenvalue weighted by Gasteiger charge is 2.35. The fourth-order valence-corrected chi connectivity index (χ4v) is 6.74. The number of hydrogen-bond donors (Lipinski definition) is 1. The zero-order valence-electron chi connectivity index (χ0n) is 25.0. The van der Waals surface area contributed by atoms with Crippen molar-refractivity contribution in [3.63, 3.8) is 0 Å². The summed E-state index contributed by atoms with van der Waals surface area (Å²) in [5, 5.41) is 3.04. The van der Waals surface area contributed by atoms with Gasteiger partial charge in [0, 0.05) is 18.7 Å². The van der Waals surface area contributed by atoms with Crippen LogP contribution in [0, 0.1) is 11.6 Å². The summed E-state index contributed by atoms with van der Waals surface area (Å²) in [5.41, 5.74) is 0.600. The van der Waals surface area contributed by atoms with Crippen molar-refractivity contribution in [2.75, 3.05) is 25.1 Å². The van der Waals surface area contributed by atoms with E-state index in [1.54, 1.807) is 6.92 Å². The Morgan fingerprint density at radius 2 is 1.50 bits per heavy atom. The highest BCUT2D eigenvalue weighted by Crippen LogP contribution is 2.32. The summed E-state index contributed by atoms with van der Waals surface area (Å²) in [5.74, 6) is -1.59. The van der Waals surface area contributed by atoms with Gasteiger partial charge < -0.3 is 19.7 Å². The Labute approximate surface area is 256 Å². The lowest BCUT2D eigenvalue weighted by Crippen LogP contribution is -2.53. The molecule has 1 atom stereocenters. The van der Waals surface area contributed by atoms with Gasteiger partial charge in [-0.2, -0.15) is 0 Å². The van der Waals surface area contributed by atoms with Crippen molar-refractivity contribution in [1.29, 1.82) is 0 Å². The molecule has 0 aliphatic heterocycles. The van der Waals surface area contributed by atoms with Crippen LogP contribution in [-0.2, 0) is 26.2 Å². The predicted molar refractivity (Wildman–Crippen MR) is 162 cm³/mol. The van der Waals surface area contributed by atoms with E-state index >= 15 is 0 Å². The van der Waals surface area contributed by atoms with E-state index in [-0.39, 0.29) is 41.2 Å². The lowest BCUT2D eigenvalue weighted by Gasteiger charge is -2.33. The fraction of sp³-hybridized carbons (Fsp3) is 0.375. The number of ether oxygens (including phenoxy) is 2. The Balaban J connectivity index is 1.73. The van der Waals surface area contributed by atoms with Crippen LogP contribution in [0.1, 0.15) is 44.6 Å². The maximum Gasteiger partial charge on any atom is 0.264 e. The molecular formula is C32H37F2N3O6S. The summed E-state index contributed by atoms with van der Waals surface area (Å²) in [6.45, 7) is 1.00. The van der Waals surface area contributed by atoms with Crippen LogP contribution < -0.4 is 19.1 Å². The largest absolute Gasteiger partial charge is 0.493 e. The van der Waals surface area contributed by atoms with Crippen molar-refractivity contribution >= 4 is 27.5 Å². The molecule has 0 aromatic heterocycles. The molecule has 0 saturated heterocycles. The van der Waals surface area contributed by atoms with Crippen molar-refractivity contribution in [2.24, 2.45) is 0 Å². The molecule has 0 heterocycles. The molecule has 3 aromatic carbocycles. The van der Waals surface area contributed by atoms with Crippen molar-refractivity contribution in [1.82, 2.24) is 10.2 Å². The van der Waals surface area contributed by atoms with Crippen LogP contribution in [0.2, 0.25) is 0 Å². The Morgan fingerprint density at radius 1 is 0.909 bits per heavy atom. The molecule has 1 aliphatic rings. The van der Waals surface area contributed by atoms with Crippen molar-refractivity contribution in [2.45, 2.75) is 62.6 Å². The summed E-state index contributed by atoms with van der Waals surface area (Å²) in [6.07, 6.45) is 3.94. The van der Waals surface area contributed by atoms with Gasteiger partial charge >= 0.3 is 0 Å². The topological polar surface area (TPSA) is 105 Å². The van der Waals surface area contributed by atoms with Crippen LogP contribution in [0.15, 0.2) is 71.6 Å². The molecule has 3 aromatic rings. The number of benzene rings is 3. The van der Waals surface area contributed by atoms with Crippen LogP contribution in [0.25, 0.3) is 0 Å². The Hall–Kier alpha value is -4.19. The van der Waals surface area contributed by atoms with Gasteiger partial charge in [-0.3, -0.25) is 13.9 Å². The maximum atomic E-state index is 14.2. The average Bonchev–Trinajstić information content (AvgIpc) is 3.53. The van der Waals surface area contributed by atoms with E-state index in [1.807, 2.05) is 0 Å². The molecule has 1 N–H and O–H groups in total. The number of halogens is 2. The molecule has 2 amide bonds. The highest BCUT2D eigenvalue weighted by atomic mass is 32.2. The molecule has 44 heavy (non-hydrogen) atoms. The monoisotopic (exact) mass is 629 g/mol. The van der Waals surface area contributed by atoms with Crippen LogP contribution in [-0.4, -0.2) is 58.0 Å². The predicted octanol–water partition coefficient (Wildman–Crippen LogP) is 5.04. The van der Waals surface area contributed by atoms with E-state index in [1.165, 1.54) is 73.7 Å². The van der Waals surface area contributed by atoms with Gasteiger partial charge in [-0.1, -0.05) is 31.9 Å². The molecule has 12 heteroatoms. The van der Waals surface area contributed by atoms with Gasteiger partial charge in [-0.05, 0) is 73.4 Å². The number of rotatable bonds is 13. The summed E-state index contributed by atoms with van der Waals surface area (Å²) >= 11 is 0. The molecule has 1 saturated carbocycles. The van der Waals surface area contributed by atoms with Crippen LogP contribution in [0.4, 0.5) is 14.5 Å². The molecule has 0 spiro atoms. The van der Waals surface area contributed by atoms with Crippen molar-refractivity contribution in [3.8, 4) is 11.5 Å². The first kappa shape index (κ1) is 32.7. The van der Waals surface area contributed by atoms with Crippen molar-refractivity contribution in [3.05, 3.63) is 83.9 Å². The van der Waals surface area contributed by atoms with E-state index in [4.69, 9.17) is 9.47 Å². The second-order valence-corrected chi connectivity index (χ2v) is 12.4. The number of sulfonamides is 1. The summed E-state index contributed by atoms with van der Waals surface area (Å²) < 4.78 is 67.1. The lowest BCUT2D eigenvalue weighted by molar-refractivity contribution is -0.140. The number of hydrogen-bond acceptors (Lipinski definition) is 6. The maximum absolute atomic E-state index is 14.2. The lowest BCUT2D eigenvalue weighted by atomic mass is 10.1. The van der Waals surface area contributed by atoms with Gasteiger partial charge in [0.05, 0.1) is 24.8 Å². The van der Waals surface area contributed by atoms with Gasteiger partial charge in [0.2, 0.25) is 11.8 Å². The normalized spacial score (nSPS) is 14.1. The van der Waals surface area contributed by atoms with E-state index in [0.29, 0.717) is 11.3 Å². The minimum Gasteiger partial charge on any atom is -0.493 e. The van der Waals surface area contributed by atoms with Gasteiger partial charge in [0.1, 0.15) is 24.2 Å². The van der Waals surface area contributed by atoms with Gasteiger partial charge in [-0.15, -0.1) is 0 Å². The van der Waals surface area contributed by atoms with E-state index in [0.717, 1.165) is 42.1 Å². The van der Waals surface area contributed by atoms with Gasteiger partial charge in [0.25, 0.3) is 10.0 Å². The van der Waals surface area contributed by atoms with Crippen LogP contribution >= 0.6 is 0 Å². The number of nitrogens with one attached hydrogen (secondary N) is 1. The third-order valence-corrected chi connectivity index (χ3v) is 9.46. The first-order valence-electron chi connectivity index (χ1n) is 14.4. The molecule has 0 bridgehead atoms. The van der Waals surface area contributed by atoms with E-state index < -0.39 is 40.2 Å². The number of anilines is 1. The van der Waals surface area contributed by atoms with Crippen molar-refractivity contribution < 1.29 is 36.3 Å². The molecular weight excluding hydrogens is 592 g/mol. The minimum atomic E-state index is -4.43. The second kappa shape index (κ2) is 14.5. The second-order valence-electron chi connectivity index (χ2n) is 10.6. The molecule has 1 fully saturated rings. The number of nitrogens with zero attached hydrogens (tertiary/aromatic N) is 2. The number of amides is 2. The zero-order valence-corrected chi connectivity index (χ0v) is 25.8. The molecule has 4 rings (SSSR count). The van der Waals surface area contributed by atoms with E-state index in [9.17, 15) is 26.8 Å². The summed E-state index contributed by atoms with van der Waals surface area (Å²) in [6, 6.07) is 13.3. The molecule has 9 nitrogen and oxygen atoms in total. The minimum absolute atomic E-state index is 0.000432. The third kappa shape index (κ3) is 7.65. The molecule has 0 radical (unpaired) electrons. The standard InChI is InChI=1S/C32H37F2N3O6S/c1-4-28(32(39)35-25-7-5-6-8-25)36(20-22-9-11-23(33)12-10-22)31(38)21-37(26-15-13-24(34)14-16-26)44(40,41)27-17-18-29(42-2)30(19-27)43-3/h9-19,25,28H,4-8,20-21H2,1-3H3,(H,35,39)/t28-/m0/s1. The number of carbonyl (C=O) groups is 2. The smallest absolute Gasteiger partial charge is 0.264 e. The Kier molecular flexibility index (Phi) is 10.8. The highest BCUT2D eigenvalue weighted by molar-refractivity contribution is 7.92. The third-order valence-electron chi connectivity index (χ3n) is 7.69. The zero-order chi connectivity index (χ0) is 31.9. The number of carbonyl (C=O) groups excluding carboxylic acids is 2. The first-order valence-corrected chi connectivity index (χ1v) is 15.9. The van der Waals surface area contributed by atoms with Gasteiger partial charge in [0.15, 0.2) is 11.5 Å². The fourth-order valence-electron chi connectivity index (χ4n) is 5.31. The average molecular weight is 630 g/mol.